The first kappa shape index (κ1) is 97.2. The highest BCUT2D eigenvalue weighted by Crippen LogP contribution is 2.50. The summed E-state index contributed by atoms with van der Waals surface area (Å²) in [6.07, 6.45) is 49.0. The monoisotopic (exact) mass is 1730 g/mol. The number of ether oxygens (including phenoxy) is 4. The van der Waals surface area contributed by atoms with Crippen molar-refractivity contribution >= 4 is 63.9 Å². The molecule has 2 saturated heterocycles. The molecule has 10 unspecified atom stereocenters. The van der Waals surface area contributed by atoms with E-state index >= 15 is 0 Å². The van der Waals surface area contributed by atoms with Gasteiger partial charge in [0.2, 0.25) is 0 Å². The first-order valence-corrected chi connectivity index (χ1v) is 47.4. The van der Waals surface area contributed by atoms with Gasteiger partial charge < -0.3 is 39.8 Å². The second-order valence-corrected chi connectivity index (χ2v) is 38.1. The normalized spacial score (nSPS) is 23.0. The van der Waals surface area contributed by atoms with Gasteiger partial charge >= 0.3 is 23.9 Å². The largest absolute Gasteiger partial charge is 0.515 e. The Morgan fingerprint density at radius 2 is 0.921 bits per heavy atom. The van der Waals surface area contributed by atoms with Gasteiger partial charge in [-0.05, 0) is 210 Å². The number of allylic oxidation sites excluding steroid dienone is 24. The summed E-state index contributed by atoms with van der Waals surface area (Å²) in [7, 11) is 2.61. The van der Waals surface area contributed by atoms with Crippen molar-refractivity contribution in [3.05, 3.63) is 233 Å². The maximum atomic E-state index is 14.2. The number of Topliss-reactive ketones (excluding diaryl/α,β-unsaturated/α-hetero) is 1. The van der Waals surface area contributed by atoms with E-state index in [0.717, 1.165) is 147 Å². The van der Waals surface area contributed by atoms with Crippen LogP contribution in [0.2, 0.25) is 0 Å². The number of carbonyl (C=O) groups excluding carboxylic acids is 5. The molecule has 0 radical (unpaired) electrons. The van der Waals surface area contributed by atoms with Crippen molar-refractivity contribution in [3.63, 3.8) is 0 Å². The zero-order valence-electron chi connectivity index (χ0n) is 79.5. The molecule has 127 heavy (non-hydrogen) atoms. The quantitative estimate of drug-likeness (QED) is 0.0146. The molecule has 10 aliphatic heterocycles. The van der Waals surface area contributed by atoms with Crippen LogP contribution in [-0.4, -0.2) is 102 Å². The van der Waals surface area contributed by atoms with Gasteiger partial charge in [0.15, 0.2) is 5.78 Å². The Bertz CT molecular complexity index is 5180. The van der Waals surface area contributed by atoms with Gasteiger partial charge in [0.25, 0.3) is 0 Å². The average molecular weight is 1730 g/mol. The number of methoxy groups -OCH3 is 2. The minimum atomic E-state index is -1.22. The number of aliphatic imine (C=N–C) groups is 6. The van der Waals surface area contributed by atoms with Crippen molar-refractivity contribution in [2.24, 2.45) is 101 Å². The van der Waals surface area contributed by atoms with Crippen molar-refractivity contribution in [1.29, 1.82) is 0 Å². The van der Waals surface area contributed by atoms with Gasteiger partial charge in [-0.15, -0.1) is 0 Å². The molecular weight excluding hydrogens is 1590 g/mol. The minimum Gasteiger partial charge on any atom is -0.515 e. The SMILES string of the molecule is C=CC1=C(C)C2=NC1=CC1=NC(=C(CC)/C1=C/O)C=C1C=C3C(=O)C(C(=O)OC)C(=C4NC(=C2)C(C)C4CCC(=O)OC/C=C(\C)CCCC(C)CCCC(C)CCCC(C)C)C3=N1.C=CC1=C(C)C2=NC1=CC1=NC(=CC3=CC4=C(O)C(C(=O)OC)C(=C5NC(=C2)C(C)C5CCC(=O)OC/C=C(\C)CCCC(C)CCCC(C)CCCC(C)C)C4=N3)C(CC)=C1C. The van der Waals surface area contributed by atoms with Gasteiger partial charge in [-0.2, -0.15) is 0 Å². The Kier molecular flexibility index (Phi) is 34.1. The fourth-order valence-electron chi connectivity index (χ4n) is 19.8. The number of aliphatic hydroxyl groups is 2. The van der Waals surface area contributed by atoms with Crippen LogP contribution in [0.25, 0.3) is 0 Å². The minimum absolute atomic E-state index is 0.1000. The molecule has 0 aromatic carbocycles. The second kappa shape index (κ2) is 44.5. The molecule has 10 atom stereocenters. The Hall–Kier alpha value is -10.4. The molecule has 10 heterocycles. The predicted octanol–water partition coefficient (Wildman–Crippen LogP) is 24.3. The lowest BCUT2D eigenvalue weighted by molar-refractivity contribution is -0.147. The highest BCUT2D eigenvalue weighted by Gasteiger charge is 2.52. The van der Waals surface area contributed by atoms with Gasteiger partial charge in [-0.3, -0.25) is 24.0 Å². The summed E-state index contributed by atoms with van der Waals surface area (Å²) in [4.78, 5) is 98.1. The van der Waals surface area contributed by atoms with Crippen molar-refractivity contribution in [2.45, 2.75) is 272 Å². The van der Waals surface area contributed by atoms with Crippen LogP contribution >= 0.6 is 0 Å². The molecule has 0 spiro atoms. The summed E-state index contributed by atoms with van der Waals surface area (Å²) in [5.74, 6) is -0.761. The highest BCUT2D eigenvalue weighted by atomic mass is 16.5. The van der Waals surface area contributed by atoms with Crippen LogP contribution in [0.3, 0.4) is 0 Å². The fraction of sp³-hybridized carbons (Fsp3) is 0.528. The summed E-state index contributed by atoms with van der Waals surface area (Å²) < 4.78 is 22.1. The maximum Gasteiger partial charge on any atom is 0.321 e. The topological polar surface area (TPSA) is 261 Å². The Morgan fingerprint density at radius 1 is 0.496 bits per heavy atom. The molecule has 19 heteroatoms. The van der Waals surface area contributed by atoms with Crippen molar-refractivity contribution in [2.75, 3.05) is 27.4 Å². The molecule has 0 amide bonds. The van der Waals surface area contributed by atoms with Crippen LogP contribution in [0.1, 0.15) is 272 Å². The third kappa shape index (κ3) is 23.2. The number of aliphatic hydroxyl groups excluding tert-OH is 2. The Balaban J connectivity index is 0.000000246. The van der Waals surface area contributed by atoms with Crippen molar-refractivity contribution in [1.82, 2.24) is 10.6 Å². The molecule has 680 valence electrons. The van der Waals surface area contributed by atoms with E-state index in [2.05, 4.69) is 127 Å². The number of esters is 4. The van der Waals surface area contributed by atoms with E-state index in [1.807, 2.05) is 69.4 Å². The molecule has 0 aromatic heterocycles. The maximum absolute atomic E-state index is 14.2. The average Bonchev–Trinajstić information content (AvgIpc) is 1.57. The van der Waals surface area contributed by atoms with Crippen LogP contribution in [0.5, 0.6) is 0 Å². The van der Waals surface area contributed by atoms with Gasteiger partial charge in [0.05, 0.1) is 88.9 Å². The zero-order valence-corrected chi connectivity index (χ0v) is 79.5. The first-order valence-electron chi connectivity index (χ1n) is 47.4. The molecule has 2 aliphatic carbocycles. The van der Waals surface area contributed by atoms with Crippen LogP contribution in [0.4, 0.5) is 0 Å². The number of hydrogen-bond donors (Lipinski definition) is 4. The number of fused-ring (bicyclic) bond motifs is 10. The molecule has 16 bridgehead atoms. The van der Waals surface area contributed by atoms with E-state index in [1.165, 1.54) is 115 Å². The molecule has 0 aromatic rings. The molecule has 4 N–H and O–H groups in total. The van der Waals surface area contributed by atoms with Crippen LogP contribution in [-0.2, 0) is 42.9 Å². The third-order valence-corrected chi connectivity index (χ3v) is 27.7. The zero-order chi connectivity index (χ0) is 91.8. The number of nitrogens with zero attached hydrogens (tertiary/aromatic N) is 6. The summed E-state index contributed by atoms with van der Waals surface area (Å²) in [6, 6.07) is 0. The number of carbonyl (C=O) groups is 5. The van der Waals surface area contributed by atoms with Crippen molar-refractivity contribution in [3.8, 4) is 0 Å². The van der Waals surface area contributed by atoms with E-state index in [-0.39, 0.29) is 67.4 Å². The predicted molar refractivity (Wildman–Crippen MR) is 515 cm³/mol. The van der Waals surface area contributed by atoms with Gasteiger partial charge in [0.1, 0.15) is 30.8 Å². The molecular formula is C108H142N8O11. The van der Waals surface area contributed by atoms with Crippen molar-refractivity contribution < 1.29 is 53.1 Å². The Labute approximate surface area is 756 Å². The van der Waals surface area contributed by atoms with E-state index in [9.17, 15) is 34.2 Å². The highest BCUT2D eigenvalue weighted by molar-refractivity contribution is 6.42. The lowest BCUT2D eigenvalue weighted by Crippen LogP contribution is -2.26. The van der Waals surface area contributed by atoms with E-state index in [4.69, 9.17) is 48.9 Å². The number of nitrogens with one attached hydrogen (secondary N) is 2. The van der Waals surface area contributed by atoms with E-state index in [0.29, 0.717) is 104 Å². The molecule has 19 nitrogen and oxygen atoms in total. The summed E-state index contributed by atoms with van der Waals surface area (Å²) in [5, 5.41) is 29.4. The smallest absolute Gasteiger partial charge is 0.321 e. The second-order valence-electron chi connectivity index (χ2n) is 38.1. The summed E-state index contributed by atoms with van der Waals surface area (Å²) >= 11 is 0. The lowest BCUT2D eigenvalue weighted by atomic mass is 9.84. The first-order chi connectivity index (χ1) is 60.8. The Morgan fingerprint density at radius 3 is 1.38 bits per heavy atom. The summed E-state index contributed by atoms with van der Waals surface area (Å²) in [5.41, 5.74) is 22.5. The third-order valence-electron chi connectivity index (χ3n) is 27.7. The van der Waals surface area contributed by atoms with Gasteiger partial charge in [0, 0.05) is 98.3 Å². The number of rotatable bonds is 40. The fourth-order valence-corrected chi connectivity index (χ4v) is 19.8. The van der Waals surface area contributed by atoms with E-state index in [1.54, 1.807) is 18.2 Å². The molecule has 1 saturated carbocycles. The van der Waals surface area contributed by atoms with Gasteiger partial charge in [-0.1, -0.05) is 209 Å². The standard InChI is InChI=1S/C54H70N4O6.C54H72N4O5/c1-11-38-35(8)43-28-44-36(9)40(22-23-48(60)64-25-24-34(7)21-15-20-33(6)19-14-18-32(5)17-13-16-31(3)4)51(58-44)49-50(54(62)63-10)53(61)41-26-37(55-52(41)49)27-45-39(12-2)42(30-59)47(57-45)29-46(38)56-43;1-12-39-35(8)44-30-47-40(13-2)36(9)43(57-47)29-45-37(10)41(51(58-45)49-50(54(61)62-11)53(60)42-27-38(55-52(42)49)28-46(39)56-44)23-24-48(59)63-26-25-34(7)22-16-21-33(6)20-15-19-32(5)18-14-17-31(3)4/h11,24,26-33,36,40,50,58-59H,1,12-23,25H2,2-10H3;13,25,27-33,37,41,50,58,60H,2,12,14-24,26H2,1,3-11H3/b34-24+,37-27?,42-30-,44-28?,46-29?,51-49?;34-25+,45-29?,46-28?,47-30?,51-49?. The van der Waals surface area contributed by atoms with Gasteiger partial charge in [-0.25, -0.2) is 30.0 Å². The lowest BCUT2D eigenvalue weighted by Gasteiger charge is -2.20. The molecule has 12 aliphatic rings. The number of ketones is 1. The van der Waals surface area contributed by atoms with Crippen LogP contribution in [0.15, 0.2) is 263 Å². The summed E-state index contributed by atoms with van der Waals surface area (Å²) in [6.45, 7) is 46.1. The van der Waals surface area contributed by atoms with Crippen LogP contribution < -0.4 is 10.6 Å². The van der Waals surface area contributed by atoms with Crippen LogP contribution in [0, 0.1) is 71.0 Å². The molecule has 3 fully saturated rings. The van der Waals surface area contributed by atoms with E-state index < -0.39 is 29.6 Å². The molecule has 12 rings (SSSR count). The number of hydrogen-bond acceptors (Lipinski definition) is 19.